The van der Waals surface area contributed by atoms with E-state index in [-0.39, 0.29) is 18.0 Å². The van der Waals surface area contributed by atoms with E-state index in [4.69, 9.17) is 10.2 Å². The number of hydrogen-bond donors (Lipinski definition) is 1. The maximum absolute atomic E-state index is 13.4. The Kier molecular flexibility index (Phi) is 5.55. The highest BCUT2D eigenvalue weighted by Gasteiger charge is 2.37. The summed E-state index contributed by atoms with van der Waals surface area (Å²) < 4.78 is 0. The molecule has 0 bridgehead atoms. The molecule has 10 nitrogen and oxygen atoms in total. The lowest BCUT2D eigenvalue weighted by molar-refractivity contribution is -0.135. The molecule has 34 heavy (non-hydrogen) atoms. The van der Waals surface area contributed by atoms with Crippen molar-refractivity contribution in [2.45, 2.75) is 25.4 Å². The molecule has 3 aromatic heterocycles. The topological polar surface area (TPSA) is 127 Å². The molecular formula is C24H23N7O3. The minimum Gasteiger partial charge on any atom is -0.387 e. The normalized spacial score (nSPS) is 16.5. The van der Waals surface area contributed by atoms with Crippen molar-refractivity contribution in [1.29, 1.82) is 5.26 Å². The lowest BCUT2D eigenvalue weighted by atomic mass is 9.99. The number of nitriles is 1. The van der Waals surface area contributed by atoms with E-state index in [0.717, 1.165) is 16.8 Å². The fourth-order valence-electron chi connectivity index (χ4n) is 4.66. The number of hydrogen-bond acceptors (Lipinski definition) is 7. The molecule has 3 amide bonds. The number of carbonyl (C=O) groups is 2. The van der Waals surface area contributed by atoms with Crippen molar-refractivity contribution in [3.8, 4) is 17.3 Å². The first kappa shape index (κ1) is 21.7. The zero-order valence-corrected chi connectivity index (χ0v) is 18.7. The Morgan fingerprint density at radius 3 is 2.65 bits per heavy atom. The maximum Gasteiger partial charge on any atom is 0.324 e. The van der Waals surface area contributed by atoms with E-state index in [1.807, 2.05) is 18.2 Å². The zero-order chi connectivity index (χ0) is 23.8. The van der Waals surface area contributed by atoms with Gasteiger partial charge in [0, 0.05) is 49.7 Å². The van der Waals surface area contributed by atoms with Crippen molar-refractivity contribution in [3.63, 3.8) is 0 Å². The first-order chi connectivity index (χ1) is 16.5. The number of likely N-dealkylation sites (tertiary alicyclic amines) is 1. The molecule has 0 aromatic carbocycles. The highest BCUT2D eigenvalue weighted by Crippen LogP contribution is 2.37. The first-order valence-corrected chi connectivity index (χ1v) is 11.1. The molecule has 1 fully saturated rings. The number of aromatic nitrogens is 3. The van der Waals surface area contributed by atoms with Crippen molar-refractivity contribution in [3.05, 3.63) is 47.9 Å². The lowest BCUT2D eigenvalue weighted by Crippen LogP contribution is -2.54. The van der Waals surface area contributed by atoms with Gasteiger partial charge in [-0.05, 0) is 37.1 Å². The summed E-state index contributed by atoms with van der Waals surface area (Å²) in [6.07, 6.45) is 4.62. The van der Waals surface area contributed by atoms with Crippen LogP contribution in [0.15, 0.2) is 36.7 Å². The number of nitrogens with zero attached hydrogens (tertiary/aromatic N) is 7. The Morgan fingerprint density at radius 2 is 1.97 bits per heavy atom. The van der Waals surface area contributed by atoms with E-state index in [9.17, 15) is 14.7 Å². The molecule has 0 unspecified atom stereocenters. The van der Waals surface area contributed by atoms with Crippen LogP contribution >= 0.6 is 0 Å². The number of fused-ring (bicyclic) bond motifs is 3. The standard InChI is InChI=1S/C24H23N7O3/c1-29-13-16-12-27-20-5-4-19(15-2-3-17(10-25)26-11-15)28-22(20)23(16)31(24(29)34)18-6-8-30(9-7-18)21(33)14-32/h2-5,11-12,18,32H,6-9,13-14H2,1H3. The summed E-state index contributed by atoms with van der Waals surface area (Å²) in [4.78, 5) is 44.0. The van der Waals surface area contributed by atoms with Crippen molar-refractivity contribution in [1.82, 2.24) is 24.8 Å². The van der Waals surface area contributed by atoms with Gasteiger partial charge in [-0.15, -0.1) is 0 Å². The van der Waals surface area contributed by atoms with Gasteiger partial charge in [0.2, 0.25) is 5.91 Å². The molecule has 0 aliphatic carbocycles. The summed E-state index contributed by atoms with van der Waals surface area (Å²) in [6, 6.07) is 8.96. The summed E-state index contributed by atoms with van der Waals surface area (Å²) in [5.74, 6) is -0.294. The second kappa shape index (κ2) is 8.68. The number of carbonyl (C=O) groups excluding carboxylic acids is 2. The van der Waals surface area contributed by atoms with Crippen molar-refractivity contribution >= 4 is 28.7 Å². The minimum atomic E-state index is -0.508. The predicted octanol–water partition coefficient (Wildman–Crippen LogP) is 1.92. The average Bonchev–Trinajstić information content (AvgIpc) is 2.89. The molecule has 0 atom stereocenters. The summed E-state index contributed by atoms with van der Waals surface area (Å²) in [6.45, 7) is 0.878. The highest BCUT2D eigenvalue weighted by molar-refractivity contribution is 6.04. The van der Waals surface area contributed by atoms with E-state index in [0.29, 0.717) is 54.9 Å². The third-order valence-electron chi connectivity index (χ3n) is 6.43. The van der Waals surface area contributed by atoms with Gasteiger partial charge in [-0.1, -0.05) is 0 Å². The molecule has 0 spiro atoms. The minimum absolute atomic E-state index is 0.107. The second-order valence-corrected chi connectivity index (χ2v) is 8.52. The largest absolute Gasteiger partial charge is 0.387 e. The molecular weight excluding hydrogens is 434 g/mol. The average molecular weight is 457 g/mol. The van der Waals surface area contributed by atoms with Gasteiger partial charge >= 0.3 is 6.03 Å². The summed E-state index contributed by atoms with van der Waals surface area (Å²) in [5, 5.41) is 18.2. The van der Waals surface area contributed by atoms with Gasteiger partial charge in [-0.2, -0.15) is 5.26 Å². The molecule has 1 saturated heterocycles. The van der Waals surface area contributed by atoms with Crippen LogP contribution in [0.5, 0.6) is 0 Å². The van der Waals surface area contributed by atoms with Gasteiger partial charge in [0.1, 0.15) is 23.9 Å². The molecule has 0 saturated carbocycles. The van der Waals surface area contributed by atoms with Crippen LogP contribution in [0.25, 0.3) is 22.3 Å². The molecule has 0 radical (unpaired) electrons. The SMILES string of the molecule is CN1Cc2cnc3ccc(-c4ccc(C#N)nc4)nc3c2N(C2CCN(C(=O)CO)CC2)C1=O. The van der Waals surface area contributed by atoms with Gasteiger partial charge in [0.05, 0.1) is 23.4 Å². The van der Waals surface area contributed by atoms with Gasteiger partial charge in [0.15, 0.2) is 0 Å². The van der Waals surface area contributed by atoms with Crippen LogP contribution in [0.3, 0.4) is 0 Å². The molecule has 1 N–H and O–H groups in total. The summed E-state index contributed by atoms with van der Waals surface area (Å²) >= 11 is 0. The van der Waals surface area contributed by atoms with Gasteiger partial charge < -0.3 is 14.9 Å². The molecule has 2 aliphatic rings. The number of pyridine rings is 3. The van der Waals surface area contributed by atoms with Crippen molar-refractivity contribution < 1.29 is 14.7 Å². The van der Waals surface area contributed by atoms with Gasteiger partial charge in [0.25, 0.3) is 0 Å². The smallest absolute Gasteiger partial charge is 0.324 e. The maximum atomic E-state index is 13.4. The Hall–Kier alpha value is -4.10. The number of amides is 3. The fourth-order valence-corrected chi connectivity index (χ4v) is 4.66. The van der Waals surface area contributed by atoms with Crippen molar-refractivity contribution in [2.24, 2.45) is 0 Å². The van der Waals surface area contributed by atoms with Crippen LogP contribution in [0.1, 0.15) is 24.1 Å². The van der Waals surface area contributed by atoms with Crippen molar-refractivity contribution in [2.75, 3.05) is 31.6 Å². The number of anilines is 1. The molecule has 5 rings (SSSR count). The van der Waals surface area contributed by atoms with Crippen LogP contribution in [0.2, 0.25) is 0 Å². The number of piperidine rings is 1. The third-order valence-corrected chi connectivity index (χ3v) is 6.43. The quantitative estimate of drug-likeness (QED) is 0.637. The Morgan fingerprint density at radius 1 is 1.18 bits per heavy atom. The predicted molar refractivity (Wildman–Crippen MR) is 124 cm³/mol. The molecule has 5 heterocycles. The van der Waals surface area contributed by atoms with Crippen LogP contribution in [-0.4, -0.2) is 74.6 Å². The number of aliphatic hydroxyl groups is 1. The van der Waals surface area contributed by atoms with Crippen LogP contribution < -0.4 is 4.90 Å². The van der Waals surface area contributed by atoms with E-state index in [1.165, 1.54) is 0 Å². The fraction of sp³-hybridized carbons (Fsp3) is 0.333. The third kappa shape index (κ3) is 3.70. The lowest BCUT2D eigenvalue weighted by Gasteiger charge is -2.43. The molecule has 172 valence electrons. The highest BCUT2D eigenvalue weighted by atomic mass is 16.3. The molecule has 3 aromatic rings. The Labute approximate surface area is 196 Å². The van der Waals surface area contributed by atoms with Gasteiger partial charge in [-0.3, -0.25) is 14.7 Å². The van der Waals surface area contributed by atoms with E-state index in [1.54, 1.807) is 46.3 Å². The van der Waals surface area contributed by atoms with Crippen LogP contribution in [-0.2, 0) is 11.3 Å². The first-order valence-electron chi connectivity index (χ1n) is 11.1. The van der Waals surface area contributed by atoms with E-state index >= 15 is 0 Å². The summed E-state index contributed by atoms with van der Waals surface area (Å²) in [5.41, 5.74) is 4.74. The van der Waals surface area contributed by atoms with Gasteiger partial charge in [-0.25, -0.2) is 14.8 Å². The number of urea groups is 1. The number of rotatable bonds is 3. The van der Waals surface area contributed by atoms with Crippen LogP contribution in [0, 0.1) is 11.3 Å². The van der Waals surface area contributed by atoms with E-state index < -0.39 is 6.61 Å². The van der Waals surface area contributed by atoms with Crippen LogP contribution in [0.4, 0.5) is 10.5 Å². The summed E-state index contributed by atoms with van der Waals surface area (Å²) in [7, 11) is 1.76. The monoisotopic (exact) mass is 457 g/mol. The molecule has 2 aliphatic heterocycles. The second-order valence-electron chi connectivity index (χ2n) is 8.52. The number of aliphatic hydroxyl groups excluding tert-OH is 1. The van der Waals surface area contributed by atoms with E-state index in [2.05, 4.69) is 9.97 Å². The Balaban J connectivity index is 1.57. The Bertz CT molecular complexity index is 1310. The zero-order valence-electron chi connectivity index (χ0n) is 18.7. The molecule has 10 heteroatoms.